The van der Waals surface area contributed by atoms with Gasteiger partial charge in [0.2, 0.25) is 0 Å². The fourth-order valence-corrected chi connectivity index (χ4v) is 2.42. The van der Waals surface area contributed by atoms with Gasteiger partial charge in [-0.25, -0.2) is 4.79 Å². The van der Waals surface area contributed by atoms with Gasteiger partial charge in [-0.2, -0.15) is 0 Å². The molecule has 0 radical (unpaired) electrons. The standard InChI is InChI=1S/C19H22O4/c20-12-6-1-2-7-13-23-16-10-11-17(18(14-16)19(21)22)15-8-4-3-5-9-15/h3-5,8-11,14,20H,1-2,6-7,12-13H2,(H,21,22). The van der Waals surface area contributed by atoms with Crippen molar-refractivity contribution >= 4 is 5.97 Å². The van der Waals surface area contributed by atoms with E-state index < -0.39 is 5.97 Å². The van der Waals surface area contributed by atoms with Gasteiger partial charge in [-0.3, -0.25) is 0 Å². The summed E-state index contributed by atoms with van der Waals surface area (Å²) in [6, 6.07) is 14.6. The Bertz CT molecular complexity index is 623. The molecule has 0 spiro atoms. The molecule has 2 aromatic carbocycles. The van der Waals surface area contributed by atoms with E-state index in [1.54, 1.807) is 12.1 Å². The van der Waals surface area contributed by atoms with Crippen LogP contribution < -0.4 is 4.74 Å². The first-order chi connectivity index (χ1) is 11.2. The molecule has 2 N–H and O–H groups in total. The summed E-state index contributed by atoms with van der Waals surface area (Å²) < 4.78 is 5.64. The zero-order valence-electron chi connectivity index (χ0n) is 13.1. The van der Waals surface area contributed by atoms with Gasteiger partial charge >= 0.3 is 5.97 Å². The molecule has 2 rings (SSSR count). The maximum absolute atomic E-state index is 11.5. The monoisotopic (exact) mass is 314 g/mol. The molecule has 0 amide bonds. The number of hydrogen-bond acceptors (Lipinski definition) is 3. The predicted octanol–water partition coefficient (Wildman–Crippen LogP) is 3.98. The van der Waals surface area contributed by atoms with Crippen molar-refractivity contribution < 1.29 is 19.7 Å². The van der Waals surface area contributed by atoms with E-state index in [0.29, 0.717) is 17.9 Å². The van der Waals surface area contributed by atoms with Crippen LogP contribution in [0.4, 0.5) is 0 Å². The van der Waals surface area contributed by atoms with Crippen LogP contribution in [0.25, 0.3) is 11.1 Å². The van der Waals surface area contributed by atoms with Gasteiger partial charge < -0.3 is 14.9 Å². The van der Waals surface area contributed by atoms with Crippen molar-refractivity contribution in [1.29, 1.82) is 0 Å². The van der Waals surface area contributed by atoms with Gasteiger partial charge in [0.1, 0.15) is 5.75 Å². The van der Waals surface area contributed by atoms with Crippen molar-refractivity contribution in [2.75, 3.05) is 13.2 Å². The van der Waals surface area contributed by atoms with Crippen molar-refractivity contribution in [1.82, 2.24) is 0 Å². The second-order valence-corrected chi connectivity index (χ2v) is 5.36. The zero-order valence-corrected chi connectivity index (χ0v) is 13.1. The van der Waals surface area contributed by atoms with E-state index in [9.17, 15) is 9.90 Å². The third-order valence-electron chi connectivity index (χ3n) is 3.63. The molecule has 0 aromatic heterocycles. The molecule has 2 aromatic rings. The highest BCUT2D eigenvalue weighted by Crippen LogP contribution is 2.27. The summed E-state index contributed by atoms with van der Waals surface area (Å²) in [6.45, 7) is 0.777. The first kappa shape index (κ1) is 17.0. The van der Waals surface area contributed by atoms with Crippen molar-refractivity contribution in [2.24, 2.45) is 0 Å². The van der Waals surface area contributed by atoms with Gasteiger partial charge in [0, 0.05) is 6.61 Å². The van der Waals surface area contributed by atoms with E-state index in [1.165, 1.54) is 0 Å². The number of ether oxygens (including phenoxy) is 1. The Morgan fingerprint density at radius 3 is 2.39 bits per heavy atom. The van der Waals surface area contributed by atoms with Gasteiger partial charge in [-0.15, -0.1) is 0 Å². The molecule has 0 bridgehead atoms. The van der Waals surface area contributed by atoms with Crippen molar-refractivity contribution in [3.63, 3.8) is 0 Å². The predicted molar refractivity (Wildman–Crippen MR) is 89.9 cm³/mol. The molecule has 0 heterocycles. The van der Waals surface area contributed by atoms with Crippen LogP contribution in [-0.4, -0.2) is 29.4 Å². The molecule has 0 unspecified atom stereocenters. The number of carboxylic acid groups (broad SMARTS) is 1. The fourth-order valence-electron chi connectivity index (χ4n) is 2.42. The minimum atomic E-state index is -0.961. The van der Waals surface area contributed by atoms with Gasteiger partial charge in [0.25, 0.3) is 0 Å². The molecule has 0 atom stereocenters. The topological polar surface area (TPSA) is 66.8 Å². The Labute approximate surface area is 136 Å². The summed E-state index contributed by atoms with van der Waals surface area (Å²) in [5, 5.41) is 18.2. The summed E-state index contributed by atoms with van der Waals surface area (Å²) in [5.41, 5.74) is 1.81. The molecule has 0 saturated heterocycles. The number of aliphatic hydroxyl groups excluding tert-OH is 1. The lowest BCUT2D eigenvalue weighted by atomic mass is 9.99. The molecule has 122 valence electrons. The number of rotatable bonds is 9. The third kappa shape index (κ3) is 5.11. The SMILES string of the molecule is O=C(O)c1cc(OCCCCCCO)ccc1-c1ccccc1. The average Bonchev–Trinajstić information content (AvgIpc) is 2.58. The molecular weight excluding hydrogens is 292 g/mol. The molecule has 4 nitrogen and oxygen atoms in total. The molecule has 0 aliphatic carbocycles. The molecular formula is C19H22O4. The Balaban J connectivity index is 2.03. The zero-order chi connectivity index (χ0) is 16.5. The highest BCUT2D eigenvalue weighted by Gasteiger charge is 2.13. The van der Waals surface area contributed by atoms with Crippen LogP contribution in [0.5, 0.6) is 5.75 Å². The second-order valence-electron chi connectivity index (χ2n) is 5.36. The lowest BCUT2D eigenvalue weighted by Gasteiger charge is -2.10. The van der Waals surface area contributed by atoms with E-state index in [-0.39, 0.29) is 12.2 Å². The van der Waals surface area contributed by atoms with Crippen LogP contribution >= 0.6 is 0 Å². The van der Waals surface area contributed by atoms with Crippen LogP contribution in [0.15, 0.2) is 48.5 Å². The first-order valence-corrected chi connectivity index (χ1v) is 7.89. The van der Waals surface area contributed by atoms with Gasteiger partial charge in [-0.05, 0) is 48.6 Å². The minimum Gasteiger partial charge on any atom is -0.494 e. The van der Waals surface area contributed by atoms with Crippen LogP contribution in [0.3, 0.4) is 0 Å². The van der Waals surface area contributed by atoms with Crippen LogP contribution in [-0.2, 0) is 0 Å². The number of carboxylic acids is 1. The fraction of sp³-hybridized carbons (Fsp3) is 0.316. The maximum atomic E-state index is 11.5. The van der Waals surface area contributed by atoms with Gasteiger partial charge in [-0.1, -0.05) is 36.8 Å². The second kappa shape index (κ2) is 8.96. The maximum Gasteiger partial charge on any atom is 0.336 e. The van der Waals surface area contributed by atoms with E-state index in [2.05, 4.69) is 0 Å². The molecule has 4 heteroatoms. The number of unbranched alkanes of at least 4 members (excludes halogenated alkanes) is 3. The third-order valence-corrected chi connectivity index (χ3v) is 3.63. The van der Waals surface area contributed by atoms with Crippen LogP contribution in [0, 0.1) is 0 Å². The van der Waals surface area contributed by atoms with Crippen molar-refractivity contribution in [3.05, 3.63) is 54.1 Å². The van der Waals surface area contributed by atoms with Gasteiger partial charge in [0.15, 0.2) is 0 Å². The number of aliphatic hydroxyl groups is 1. The molecule has 0 saturated carbocycles. The number of benzene rings is 2. The molecule has 0 fully saturated rings. The number of carbonyl (C=O) groups is 1. The summed E-state index contributed by atoms with van der Waals surface area (Å²) in [6.07, 6.45) is 3.68. The minimum absolute atomic E-state index is 0.226. The Hall–Kier alpha value is -2.33. The molecule has 0 aliphatic heterocycles. The normalized spacial score (nSPS) is 10.5. The smallest absolute Gasteiger partial charge is 0.336 e. The Morgan fingerprint density at radius 2 is 1.70 bits per heavy atom. The van der Waals surface area contributed by atoms with E-state index >= 15 is 0 Å². The van der Waals surface area contributed by atoms with Crippen molar-refractivity contribution in [3.8, 4) is 16.9 Å². The average molecular weight is 314 g/mol. The molecule has 0 aliphatic rings. The molecule has 23 heavy (non-hydrogen) atoms. The summed E-state index contributed by atoms with van der Waals surface area (Å²) in [5.74, 6) is -0.388. The summed E-state index contributed by atoms with van der Waals surface area (Å²) >= 11 is 0. The Kier molecular flexibility index (Phi) is 6.63. The highest BCUT2D eigenvalue weighted by molar-refractivity contribution is 5.96. The van der Waals surface area contributed by atoms with Crippen LogP contribution in [0.2, 0.25) is 0 Å². The number of aromatic carboxylic acids is 1. The van der Waals surface area contributed by atoms with E-state index in [1.807, 2.05) is 36.4 Å². The largest absolute Gasteiger partial charge is 0.494 e. The highest BCUT2D eigenvalue weighted by atomic mass is 16.5. The number of hydrogen-bond donors (Lipinski definition) is 2. The van der Waals surface area contributed by atoms with Gasteiger partial charge in [0.05, 0.1) is 12.2 Å². The summed E-state index contributed by atoms with van der Waals surface area (Å²) in [4.78, 5) is 11.5. The van der Waals surface area contributed by atoms with E-state index in [4.69, 9.17) is 9.84 Å². The lowest BCUT2D eigenvalue weighted by Crippen LogP contribution is -2.03. The lowest BCUT2D eigenvalue weighted by molar-refractivity contribution is 0.0697. The van der Waals surface area contributed by atoms with Crippen molar-refractivity contribution in [2.45, 2.75) is 25.7 Å². The van der Waals surface area contributed by atoms with E-state index in [0.717, 1.165) is 31.2 Å². The quantitative estimate of drug-likeness (QED) is 0.687. The summed E-state index contributed by atoms with van der Waals surface area (Å²) in [7, 11) is 0. The Morgan fingerprint density at radius 1 is 0.957 bits per heavy atom. The van der Waals surface area contributed by atoms with Crippen LogP contribution in [0.1, 0.15) is 36.0 Å². The first-order valence-electron chi connectivity index (χ1n) is 7.89.